The topological polar surface area (TPSA) is 34.1 Å². The molecule has 0 saturated carbocycles. The summed E-state index contributed by atoms with van der Waals surface area (Å²) in [5, 5.41) is -0.578. The van der Waals surface area contributed by atoms with Gasteiger partial charge < -0.3 is 0 Å². The van der Waals surface area contributed by atoms with E-state index in [2.05, 4.69) is 0 Å². The van der Waals surface area contributed by atoms with Gasteiger partial charge in [0, 0.05) is 16.5 Å². The molecule has 1 aromatic rings. The lowest BCUT2D eigenvalue weighted by Crippen LogP contribution is -2.28. The molecule has 17 heavy (non-hydrogen) atoms. The number of ketones is 2. The zero-order valence-corrected chi connectivity index (χ0v) is 11.6. The minimum atomic E-state index is -1.20. The Hall–Kier alpha value is -0.570. The largest absolute Gasteiger partial charge is 0.297 e. The lowest BCUT2D eigenvalue weighted by Gasteiger charge is -2.11. The molecule has 0 aliphatic heterocycles. The molecule has 0 spiro atoms. The molecule has 0 radical (unpaired) electrons. The summed E-state index contributed by atoms with van der Waals surface area (Å²) >= 11 is 17.4. The number of hydrogen-bond donors (Lipinski definition) is 0. The highest BCUT2D eigenvalue weighted by Gasteiger charge is 2.28. The van der Waals surface area contributed by atoms with Crippen molar-refractivity contribution >= 4 is 46.4 Å². The minimum absolute atomic E-state index is 0.199. The third-order valence-electron chi connectivity index (χ3n) is 2.25. The standard InChI is InChI=1S/C12H11Cl3O2/c1-6(2)11(16)10(15)12(17)8-4-3-7(13)5-9(8)14/h3-6,10H,1-2H3. The van der Waals surface area contributed by atoms with Crippen molar-refractivity contribution < 1.29 is 9.59 Å². The Morgan fingerprint density at radius 2 is 1.76 bits per heavy atom. The van der Waals surface area contributed by atoms with E-state index in [0.717, 1.165) is 0 Å². The maximum Gasteiger partial charge on any atom is 0.189 e. The summed E-state index contributed by atoms with van der Waals surface area (Å²) in [6.07, 6.45) is 0. The summed E-state index contributed by atoms with van der Waals surface area (Å²) < 4.78 is 0. The number of rotatable bonds is 4. The average Bonchev–Trinajstić information content (AvgIpc) is 2.26. The highest BCUT2D eigenvalue weighted by Crippen LogP contribution is 2.24. The zero-order valence-electron chi connectivity index (χ0n) is 9.34. The maximum atomic E-state index is 11.9. The molecule has 2 nitrogen and oxygen atoms in total. The van der Waals surface area contributed by atoms with Crippen LogP contribution < -0.4 is 0 Å². The van der Waals surface area contributed by atoms with E-state index in [-0.39, 0.29) is 22.3 Å². The van der Waals surface area contributed by atoms with Crippen LogP contribution in [0.1, 0.15) is 24.2 Å². The van der Waals surface area contributed by atoms with Gasteiger partial charge in [-0.25, -0.2) is 0 Å². The first-order valence-electron chi connectivity index (χ1n) is 5.01. The van der Waals surface area contributed by atoms with Gasteiger partial charge in [0.1, 0.15) is 0 Å². The van der Waals surface area contributed by atoms with E-state index in [1.54, 1.807) is 13.8 Å². The monoisotopic (exact) mass is 292 g/mol. The third-order valence-corrected chi connectivity index (χ3v) is 3.21. The van der Waals surface area contributed by atoms with Gasteiger partial charge in [-0.15, -0.1) is 11.6 Å². The molecule has 0 bridgehead atoms. The Labute approximate surface area is 115 Å². The molecular weight excluding hydrogens is 282 g/mol. The fourth-order valence-corrected chi connectivity index (χ4v) is 2.12. The molecule has 0 aromatic heterocycles. The van der Waals surface area contributed by atoms with Gasteiger partial charge in [0.05, 0.1) is 5.02 Å². The van der Waals surface area contributed by atoms with Crippen LogP contribution in [0.2, 0.25) is 10.0 Å². The van der Waals surface area contributed by atoms with Crippen molar-refractivity contribution in [2.45, 2.75) is 19.2 Å². The fourth-order valence-electron chi connectivity index (χ4n) is 1.25. The van der Waals surface area contributed by atoms with E-state index in [1.807, 2.05) is 0 Å². The van der Waals surface area contributed by atoms with Crippen molar-refractivity contribution in [3.05, 3.63) is 33.8 Å². The van der Waals surface area contributed by atoms with E-state index >= 15 is 0 Å². The average molecular weight is 294 g/mol. The van der Waals surface area contributed by atoms with Crippen LogP contribution in [0.4, 0.5) is 0 Å². The normalized spacial score (nSPS) is 12.6. The summed E-state index contributed by atoms with van der Waals surface area (Å²) in [5.41, 5.74) is 0.213. The second-order valence-corrected chi connectivity index (χ2v) is 5.19. The number of Topliss-reactive ketones (excluding diaryl/α,β-unsaturated/α-hetero) is 2. The third kappa shape index (κ3) is 3.44. The van der Waals surface area contributed by atoms with Gasteiger partial charge in [0.2, 0.25) is 0 Å². The highest BCUT2D eigenvalue weighted by molar-refractivity contribution is 6.46. The fraction of sp³-hybridized carbons (Fsp3) is 0.333. The zero-order chi connectivity index (χ0) is 13.2. The van der Waals surface area contributed by atoms with E-state index in [9.17, 15) is 9.59 Å². The number of carbonyl (C=O) groups excluding carboxylic acids is 2. The van der Waals surface area contributed by atoms with E-state index in [0.29, 0.717) is 5.02 Å². The lowest BCUT2D eigenvalue weighted by molar-refractivity contribution is -0.120. The molecule has 0 saturated heterocycles. The Bertz CT molecular complexity index is 455. The maximum absolute atomic E-state index is 11.9. The van der Waals surface area contributed by atoms with E-state index in [4.69, 9.17) is 34.8 Å². The number of halogens is 3. The van der Waals surface area contributed by atoms with Crippen LogP contribution in [0.5, 0.6) is 0 Å². The van der Waals surface area contributed by atoms with Crippen LogP contribution in [0.25, 0.3) is 0 Å². The number of benzene rings is 1. The number of alkyl halides is 1. The van der Waals surface area contributed by atoms with Gasteiger partial charge in [-0.1, -0.05) is 37.0 Å². The van der Waals surface area contributed by atoms with Crippen LogP contribution in [0, 0.1) is 5.92 Å². The molecule has 0 N–H and O–H groups in total. The number of hydrogen-bond acceptors (Lipinski definition) is 2. The van der Waals surface area contributed by atoms with Crippen molar-refractivity contribution in [3.63, 3.8) is 0 Å². The van der Waals surface area contributed by atoms with Gasteiger partial charge in [0.25, 0.3) is 0 Å². The second-order valence-electron chi connectivity index (χ2n) is 3.91. The van der Waals surface area contributed by atoms with Gasteiger partial charge in [0.15, 0.2) is 16.9 Å². The van der Waals surface area contributed by atoms with Gasteiger partial charge >= 0.3 is 0 Å². The SMILES string of the molecule is CC(C)C(=O)C(Cl)C(=O)c1ccc(Cl)cc1Cl. The Morgan fingerprint density at radius 3 is 2.24 bits per heavy atom. The molecule has 0 amide bonds. The summed E-state index contributed by atoms with van der Waals surface area (Å²) in [5.74, 6) is -1.11. The molecule has 0 aliphatic rings. The van der Waals surface area contributed by atoms with Crippen LogP contribution >= 0.6 is 34.8 Å². The molecule has 1 unspecified atom stereocenters. The van der Waals surface area contributed by atoms with Crippen molar-refractivity contribution in [2.75, 3.05) is 0 Å². The smallest absolute Gasteiger partial charge is 0.189 e. The molecule has 1 atom stereocenters. The molecule has 92 valence electrons. The van der Waals surface area contributed by atoms with Gasteiger partial charge in [-0.2, -0.15) is 0 Å². The van der Waals surface area contributed by atoms with Crippen molar-refractivity contribution in [3.8, 4) is 0 Å². The highest BCUT2D eigenvalue weighted by atomic mass is 35.5. The van der Waals surface area contributed by atoms with Crippen LogP contribution in [0.3, 0.4) is 0 Å². The van der Waals surface area contributed by atoms with E-state index < -0.39 is 11.2 Å². The first-order chi connectivity index (χ1) is 7.84. The quantitative estimate of drug-likeness (QED) is 0.477. The molecule has 1 aromatic carbocycles. The first kappa shape index (κ1) is 14.5. The molecule has 5 heteroatoms. The summed E-state index contributed by atoms with van der Waals surface area (Å²) in [4.78, 5) is 23.6. The Morgan fingerprint density at radius 1 is 1.18 bits per heavy atom. The number of carbonyl (C=O) groups is 2. The second kappa shape index (κ2) is 5.85. The van der Waals surface area contributed by atoms with Crippen molar-refractivity contribution in [1.82, 2.24) is 0 Å². The summed E-state index contributed by atoms with van der Waals surface area (Å²) in [7, 11) is 0. The summed E-state index contributed by atoms with van der Waals surface area (Å²) in [6.45, 7) is 3.38. The van der Waals surface area contributed by atoms with Crippen LogP contribution in [-0.4, -0.2) is 16.9 Å². The molecule has 0 heterocycles. The van der Waals surface area contributed by atoms with E-state index in [1.165, 1.54) is 18.2 Å². The molecule has 1 rings (SSSR count). The van der Waals surface area contributed by atoms with Gasteiger partial charge in [-0.05, 0) is 18.2 Å². The van der Waals surface area contributed by atoms with Crippen molar-refractivity contribution in [1.29, 1.82) is 0 Å². The minimum Gasteiger partial charge on any atom is -0.297 e. The van der Waals surface area contributed by atoms with Crippen LogP contribution in [-0.2, 0) is 4.79 Å². The predicted octanol–water partition coefficient (Wildman–Crippen LogP) is 4.01. The molecular formula is C12H11Cl3O2. The van der Waals surface area contributed by atoms with Crippen LogP contribution in [0.15, 0.2) is 18.2 Å². The lowest BCUT2D eigenvalue weighted by atomic mass is 9.99. The molecule has 0 aliphatic carbocycles. The predicted molar refractivity (Wildman–Crippen MR) is 70.3 cm³/mol. The Kier molecular flexibility index (Phi) is 4.99. The van der Waals surface area contributed by atoms with Crippen molar-refractivity contribution in [2.24, 2.45) is 5.92 Å². The summed E-state index contributed by atoms with van der Waals surface area (Å²) in [6, 6.07) is 4.44. The van der Waals surface area contributed by atoms with Gasteiger partial charge in [-0.3, -0.25) is 9.59 Å². The first-order valence-corrected chi connectivity index (χ1v) is 6.21. The Balaban J connectivity index is 3.01. The molecule has 0 fully saturated rings.